The van der Waals surface area contributed by atoms with E-state index in [1.807, 2.05) is 31.2 Å². The lowest BCUT2D eigenvalue weighted by atomic mass is 9.87. The summed E-state index contributed by atoms with van der Waals surface area (Å²) < 4.78 is 38.3. The Balaban J connectivity index is 2.57. The van der Waals surface area contributed by atoms with Gasteiger partial charge in [-0.3, -0.25) is 23.4 Å². The SMILES string of the molecule is CC/C=C\CC(O)/C=C/C1OC(O)CC(O)C1C/C=C\CCCC(=O)OC(COC(=O)CCCCCCCCCCCCCCC)COP(=O)(O)OCC(N)C(=O)O. The lowest BCUT2D eigenvalue weighted by molar-refractivity contribution is -0.199. The van der Waals surface area contributed by atoms with Crippen LogP contribution in [0.25, 0.3) is 0 Å². The van der Waals surface area contributed by atoms with Gasteiger partial charge in [-0.05, 0) is 38.5 Å². The summed E-state index contributed by atoms with van der Waals surface area (Å²) in [4.78, 5) is 46.1. The van der Waals surface area contributed by atoms with Gasteiger partial charge in [-0.25, -0.2) is 4.57 Å². The standard InChI is InChI=1S/C42H74NO14P/c1-3-5-7-8-9-10-11-12-13-14-15-16-21-25-39(46)53-30-34(31-54-58(51,52)55-32-36(43)42(49)50)56-40(47)26-22-18-17-20-24-35-37(45)29-41(48)57-38(35)28-27-33(44)23-19-6-4-2/h6,17,19-20,27-28,33-38,41,44-45,48H,3-5,7-16,18,21-26,29-32,43H2,1-2H3,(H,49,50)(H,51,52)/b19-6-,20-17-,28-27+. The number of hydrogen-bond donors (Lipinski definition) is 6. The summed E-state index contributed by atoms with van der Waals surface area (Å²) in [5, 5.41) is 39.8. The van der Waals surface area contributed by atoms with Gasteiger partial charge < -0.3 is 45.3 Å². The van der Waals surface area contributed by atoms with Gasteiger partial charge in [-0.2, -0.15) is 0 Å². The van der Waals surface area contributed by atoms with Crippen molar-refractivity contribution in [3.05, 3.63) is 36.5 Å². The number of nitrogens with two attached hydrogens (primary N) is 1. The van der Waals surface area contributed by atoms with Gasteiger partial charge in [0.1, 0.15) is 12.6 Å². The van der Waals surface area contributed by atoms with Gasteiger partial charge in [0, 0.05) is 25.2 Å². The Morgan fingerprint density at radius 3 is 2.03 bits per heavy atom. The van der Waals surface area contributed by atoms with E-state index in [4.69, 9.17) is 29.6 Å². The number of unbranched alkanes of at least 4 members (excludes halogenated alkanes) is 13. The monoisotopic (exact) mass is 847 g/mol. The largest absolute Gasteiger partial charge is 0.480 e. The average Bonchev–Trinajstić information content (AvgIpc) is 3.17. The molecule has 0 spiro atoms. The fourth-order valence-electron chi connectivity index (χ4n) is 6.24. The van der Waals surface area contributed by atoms with Crippen molar-refractivity contribution in [3.8, 4) is 0 Å². The van der Waals surface area contributed by atoms with E-state index in [2.05, 4.69) is 11.4 Å². The number of esters is 2. The molecule has 0 aromatic carbocycles. The first-order valence-electron chi connectivity index (χ1n) is 21.4. The minimum absolute atomic E-state index is 0.0361. The fraction of sp³-hybridized carbons (Fsp3) is 0.786. The van der Waals surface area contributed by atoms with Gasteiger partial charge in [-0.15, -0.1) is 0 Å². The number of aliphatic carboxylic acids is 1. The van der Waals surface area contributed by atoms with Crippen LogP contribution in [-0.4, -0.2) is 99.8 Å². The maximum Gasteiger partial charge on any atom is 0.472 e. The minimum atomic E-state index is -4.79. The first kappa shape index (κ1) is 53.6. The third-order valence-electron chi connectivity index (χ3n) is 9.67. The number of aliphatic hydroxyl groups is 3. The van der Waals surface area contributed by atoms with Crippen LogP contribution in [0.3, 0.4) is 0 Å². The second-order valence-electron chi connectivity index (χ2n) is 15.0. The van der Waals surface area contributed by atoms with Crippen LogP contribution in [0.4, 0.5) is 0 Å². The third-order valence-corrected chi connectivity index (χ3v) is 10.6. The molecule has 16 heteroatoms. The van der Waals surface area contributed by atoms with Crippen LogP contribution in [-0.2, 0) is 42.2 Å². The van der Waals surface area contributed by atoms with Crippen LogP contribution in [0.1, 0.15) is 149 Å². The number of allylic oxidation sites excluding steroid dienone is 3. The zero-order chi connectivity index (χ0) is 43.0. The van der Waals surface area contributed by atoms with E-state index in [-0.39, 0.29) is 25.2 Å². The van der Waals surface area contributed by atoms with Crippen LogP contribution in [0.15, 0.2) is 36.5 Å². The minimum Gasteiger partial charge on any atom is -0.480 e. The van der Waals surface area contributed by atoms with Crippen molar-refractivity contribution in [2.24, 2.45) is 11.7 Å². The van der Waals surface area contributed by atoms with Crippen LogP contribution < -0.4 is 5.73 Å². The quantitative estimate of drug-likeness (QED) is 0.0164. The second-order valence-corrected chi connectivity index (χ2v) is 16.4. The van der Waals surface area contributed by atoms with E-state index in [0.717, 1.165) is 25.7 Å². The molecule has 15 nitrogen and oxygen atoms in total. The molecule has 0 bridgehead atoms. The summed E-state index contributed by atoms with van der Waals surface area (Å²) in [5.74, 6) is -2.98. The maximum absolute atomic E-state index is 12.7. The van der Waals surface area contributed by atoms with Crippen LogP contribution >= 0.6 is 7.82 Å². The summed E-state index contributed by atoms with van der Waals surface area (Å²) in [6.07, 6.45) is 24.2. The first-order valence-corrected chi connectivity index (χ1v) is 22.9. The Morgan fingerprint density at radius 1 is 0.810 bits per heavy atom. The number of rotatable bonds is 35. The highest BCUT2D eigenvalue weighted by atomic mass is 31.2. The van der Waals surface area contributed by atoms with Gasteiger partial charge in [-0.1, -0.05) is 127 Å². The number of phosphoric acid groups is 1. The second kappa shape index (κ2) is 33.3. The number of carboxylic acid groups (broad SMARTS) is 1. The molecule has 0 aromatic rings. The average molecular weight is 848 g/mol. The number of carbonyl (C=O) groups excluding carboxylic acids is 2. The van der Waals surface area contributed by atoms with Gasteiger partial charge in [0.05, 0.1) is 31.5 Å². The lowest BCUT2D eigenvalue weighted by Crippen LogP contribution is -2.43. The van der Waals surface area contributed by atoms with Crippen molar-refractivity contribution < 1.29 is 67.5 Å². The molecule has 1 heterocycles. The number of phosphoric ester groups is 1. The van der Waals surface area contributed by atoms with E-state index in [1.165, 1.54) is 57.8 Å². The lowest BCUT2D eigenvalue weighted by Gasteiger charge is -2.36. The zero-order valence-corrected chi connectivity index (χ0v) is 35.8. The van der Waals surface area contributed by atoms with Crippen LogP contribution in [0, 0.1) is 5.92 Å². The van der Waals surface area contributed by atoms with Gasteiger partial charge in [0.2, 0.25) is 0 Å². The van der Waals surface area contributed by atoms with Gasteiger partial charge in [0.25, 0.3) is 0 Å². The van der Waals surface area contributed by atoms with Crippen molar-refractivity contribution in [3.63, 3.8) is 0 Å². The van der Waals surface area contributed by atoms with E-state index in [1.54, 1.807) is 12.2 Å². The maximum atomic E-state index is 12.7. The molecule has 0 amide bonds. The molecule has 7 N–H and O–H groups in total. The Kier molecular flexibility index (Phi) is 30.7. The third kappa shape index (κ3) is 28.1. The topological polar surface area (TPSA) is 242 Å². The number of carboxylic acids is 1. The summed E-state index contributed by atoms with van der Waals surface area (Å²) in [7, 11) is -4.79. The molecule has 58 heavy (non-hydrogen) atoms. The van der Waals surface area contributed by atoms with E-state index >= 15 is 0 Å². The molecule has 0 saturated carbocycles. The highest BCUT2D eigenvalue weighted by molar-refractivity contribution is 7.47. The molecular formula is C42H74NO14P. The van der Waals surface area contributed by atoms with Crippen molar-refractivity contribution in [2.45, 2.75) is 185 Å². The number of hydrogen-bond acceptors (Lipinski definition) is 13. The molecule has 336 valence electrons. The summed E-state index contributed by atoms with van der Waals surface area (Å²) >= 11 is 0. The van der Waals surface area contributed by atoms with Crippen molar-refractivity contribution in [2.75, 3.05) is 19.8 Å². The van der Waals surface area contributed by atoms with Gasteiger partial charge >= 0.3 is 25.7 Å². The predicted octanol–water partition coefficient (Wildman–Crippen LogP) is 6.94. The number of aliphatic hydroxyl groups excluding tert-OH is 3. The molecule has 0 radical (unpaired) electrons. The summed E-state index contributed by atoms with van der Waals surface area (Å²) in [6, 6.07) is -1.57. The highest BCUT2D eigenvalue weighted by Crippen LogP contribution is 2.43. The van der Waals surface area contributed by atoms with Crippen LogP contribution in [0.5, 0.6) is 0 Å². The van der Waals surface area contributed by atoms with Crippen LogP contribution in [0.2, 0.25) is 0 Å². The van der Waals surface area contributed by atoms with E-state index in [0.29, 0.717) is 32.1 Å². The Hall–Kier alpha value is -2.46. The molecule has 0 aliphatic carbocycles. The molecule has 1 saturated heterocycles. The molecular weight excluding hydrogens is 773 g/mol. The van der Waals surface area contributed by atoms with Gasteiger partial charge in [0.15, 0.2) is 12.4 Å². The van der Waals surface area contributed by atoms with Crippen molar-refractivity contribution in [1.82, 2.24) is 0 Å². The number of carbonyl (C=O) groups is 3. The Labute approximate surface area is 346 Å². The molecule has 1 aliphatic heterocycles. The normalized spacial score (nSPS) is 21.3. The summed E-state index contributed by atoms with van der Waals surface area (Å²) in [5.41, 5.74) is 5.32. The van der Waals surface area contributed by atoms with E-state index < -0.39 is 82.3 Å². The van der Waals surface area contributed by atoms with Crippen molar-refractivity contribution >= 4 is 25.7 Å². The first-order chi connectivity index (χ1) is 27.8. The molecule has 1 fully saturated rings. The molecule has 8 unspecified atom stereocenters. The zero-order valence-electron chi connectivity index (χ0n) is 34.9. The Morgan fingerprint density at radius 2 is 1.41 bits per heavy atom. The highest BCUT2D eigenvalue weighted by Gasteiger charge is 2.35. The molecule has 8 atom stereocenters. The fourth-order valence-corrected chi connectivity index (χ4v) is 7.02. The van der Waals surface area contributed by atoms with E-state index in [9.17, 15) is 39.2 Å². The van der Waals surface area contributed by atoms with Crippen molar-refractivity contribution in [1.29, 1.82) is 0 Å². The smallest absolute Gasteiger partial charge is 0.472 e. The summed E-state index contributed by atoms with van der Waals surface area (Å²) in [6.45, 7) is 2.32. The molecule has 0 aromatic heterocycles. The Bertz CT molecular complexity index is 1250. The predicted molar refractivity (Wildman–Crippen MR) is 220 cm³/mol. The number of ether oxygens (including phenoxy) is 3. The molecule has 1 aliphatic rings. The molecule has 1 rings (SSSR count).